The summed E-state index contributed by atoms with van der Waals surface area (Å²) in [6, 6.07) is 5.32. The zero-order valence-corrected chi connectivity index (χ0v) is 15.6. The number of fused-ring (bicyclic) bond motifs is 1. The molecule has 2 heterocycles. The molecule has 0 spiro atoms. The molecule has 0 amide bonds. The third-order valence-electron chi connectivity index (χ3n) is 4.40. The predicted octanol–water partition coefficient (Wildman–Crippen LogP) is 2.95. The van der Waals surface area contributed by atoms with Gasteiger partial charge in [-0.3, -0.25) is 4.79 Å². The predicted molar refractivity (Wildman–Crippen MR) is 97.9 cm³/mol. The second kappa shape index (κ2) is 6.80. The van der Waals surface area contributed by atoms with Crippen LogP contribution in [0.1, 0.15) is 37.4 Å². The summed E-state index contributed by atoms with van der Waals surface area (Å²) >= 11 is 6.03. The Morgan fingerprint density at radius 3 is 2.80 bits per heavy atom. The largest absolute Gasteiger partial charge is 0.362 e. The van der Waals surface area contributed by atoms with Crippen LogP contribution in [0.5, 0.6) is 0 Å². The third-order valence-corrected chi connectivity index (χ3v) is 6.63. The van der Waals surface area contributed by atoms with Crippen molar-refractivity contribution in [3.05, 3.63) is 51.0 Å². The maximum Gasteiger partial charge on any atom is 0.271 e. The second-order valence-electron chi connectivity index (χ2n) is 6.55. The molecule has 1 aliphatic heterocycles. The van der Waals surface area contributed by atoms with E-state index in [4.69, 9.17) is 11.6 Å². The summed E-state index contributed by atoms with van der Waals surface area (Å²) in [5, 5.41) is 3.17. The van der Waals surface area contributed by atoms with Gasteiger partial charge in [-0.15, -0.1) is 0 Å². The highest BCUT2D eigenvalue weighted by atomic mass is 35.5. The van der Waals surface area contributed by atoms with Crippen LogP contribution >= 0.6 is 11.6 Å². The number of aromatic nitrogens is 2. The molecule has 0 bridgehead atoms. The highest BCUT2D eigenvalue weighted by Crippen LogP contribution is 2.32. The first kappa shape index (κ1) is 17.9. The first-order chi connectivity index (χ1) is 11.8. The van der Waals surface area contributed by atoms with Crippen molar-refractivity contribution in [2.24, 2.45) is 5.92 Å². The Morgan fingerprint density at radius 2 is 2.08 bits per heavy atom. The minimum Gasteiger partial charge on any atom is -0.362 e. The van der Waals surface area contributed by atoms with E-state index in [0.29, 0.717) is 11.3 Å². The number of H-pyrrole nitrogens is 1. The van der Waals surface area contributed by atoms with Gasteiger partial charge in [0.25, 0.3) is 5.56 Å². The summed E-state index contributed by atoms with van der Waals surface area (Å²) < 4.78 is 24.8. The highest BCUT2D eigenvalue weighted by Gasteiger charge is 2.26. The first-order valence-corrected chi connectivity index (χ1v) is 10.2. The fourth-order valence-electron chi connectivity index (χ4n) is 3.09. The number of hydrogen-bond acceptors (Lipinski definition) is 5. The van der Waals surface area contributed by atoms with Crippen molar-refractivity contribution in [3.8, 4) is 0 Å². The molecule has 2 N–H and O–H groups in total. The van der Waals surface area contributed by atoms with Crippen LogP contribution in [0, 0.1) is 5.92 Å². The molecule has 0 radical (unpaired) electrons. The summed E-state index contributed by atoms with van der Waals surface area (Å²) in [5.41, 5.74) is 1.27. The Kier molecular flexibility index (Phi) is 4.88. The maximum atomic E-state index is 12.4. The second-order valence-corrected chi connectivity index (χ2v) is 9.01. The SMILES string of the molecule is CC(C)[C@H](Nc1nc[nH]c(=O)c1Cl)c1ccc2c(c1)S(=O)(=O)CCC2. The number of anilines is 1. The number of nitrogens with zero attached hydrogens (tertiary/aromatic N) is 1. The van der Waals surface area contributed by atoms with E-state index in [-0.39, 0.29) is 28.6 Å². The van der Waals surface area contributed by atoms with Gasteiger partial charge in [-0.05, 0) is 36.0 Å². The minimum absolute atomic E-state index is 0.0151. The molecule has 3 rings (SSSR count). The van der Waals surface area contributed by atoms with Crippen molar-refractivity contribution < 1.29 is 8.42 Å². The molecule has 0 fully saturated rings. The highest BCUT2D eigenvalue weighted by molar-refractivity contribution is 7.91. The molecule has 0 saturated heterocycles. The van der Waals surface area contributed by atoms with Gasteiger partial charge in [0.05, 0.1) is 23.0 Å². The molecule has 0 aliphatic carbocycles. The van der Waals surface area contributed by atoms with Crippen molar-refractivity contribution in [2.75, 3.05) is 11.1 Å². The molecular weight excluding hydrogens is 362 g/mol. The molecule has 1 aromatic carbocycles. The van der Waals surface area contributed by atoms with Crippen LogP contribution in [0.15, 0.2) is 34.2 Å². The zero-order valence-electron chi connectivity index (χ0n) is 14.0. The molecular formula is C17H20ClN3O3S. The fraction of sp³-hybridized carbons (Fsp3) is 0.412. The van der Waals surface area contributed by atoms with Gasteiger partial charge in [0.15, 0.2) is 15.7 Å². The first-order valence-electron chi connectivity index (χ1n) is 8.15. The molecule has 0 unspecified atom stereocenters. The van der Waals surface area contributed by atoms with E-state index >= 15 is 0 Å². The number of sulfone groups is 1. The van der Waals surface area contributed by atoms with Gasteiger partial charge in [0, 0.05) is 0 Å². The summed E-state index contributed by atoms with van der Waals surface area (Å²) in [7, 11) is -3.24. The summed E-state index contributed by atoms with van der Waals surface area (Å²) in [6.07, 6.45) is 2.72. The average molecular weight is 382 g/mol. The number of halogens is 1. The lowest BCUT2D eigenvalue weighted by Gasteiger charge is -2.26. The maximum absolute atomic E-state index is 12.4. The standard InChI is InChI=1S/C17H20ClN3O3S/c1-10(2)15(21-16-14(18)17(22)20-9-19-16)12-6-5-11-4-3-7-25(23,24)13(11)8-12/h5-6,8-10,15H,3-4,7H2,1-2H3,(H2,19,20,21,22)/t15-/m0/s1. The summed E-state index contributed by atoms with van der Waals surface area (Å²) in [6.45, 7) is 4.01. The average Bonchev–Trinajstić information content (AvgIpc) is 2.56. The number of rotatable bonds is 4. The molecule has 8 heteroatoms. The van der Waals surface area contributed by atoms with Gasteiger partial charge in [-0.25, -0.2) is 13.4 Å². The molecule has 25 heavy (non-hydrogen) atoms. The Morgan fingerprint density at radius 1 is 1.32 bits per heavy atom. The van der Waals surface area contributed by atoms with Crippen LogP contribution in [-0.2, 0) is 16.3 Å². The van der Waals surface area contributed by atoms with E-state index in [1.54, 1.807) is 6.07 Å². The quantitative estimate of drug-likeness (QED) is 0.849. The van der Waals surface area contributed by atoms with E-state index in [0.717, 1.165) is 17.5 Å². The van der Waals surface area contributed by atoms with Gasteiger partial charge in [-0.1, -0.05) is 37.6 Å². The van der Waals surface area contributed by atoms with Gasteiger partial charge >= 0.3 is 0 Å². The Hall–Kier alpha value is -1.86. The molecule has 0 saturated carbocycles. The minimum atomic E-state index is -3.24. The summed E-state index contributed by atoms with van der Waals surface area (Å²) in [5.74, 6) is 0.594. The van der Waals surface area contributed by atoms with Crippen LogP contribution < -0.4 is 10.9 Å². The topological polar surface area (TPSA) is 91.9 Å². The van der Waals surface area contributed by atoms with Gasteiger partial charge in [-0.2, -0.15) is 0 Å². The molecule has 1 atom stereocenters. The molecule has 1 aliphatic rings. The van der Waals surface area contributed by atoms with E-state index in [2.05, 4.69) is 15.3 Å². The lowest BCUT2D eigenvalue weighted by Crippen LogP contribution is -2.22. The molecule has 1 aromatic heterocycles. The lowest BCUT2D eigenvalue weighted by atomic mass is 9.94. The Bertz CT molecular complexity index is 954. The van der Waals surface area contributed by atoms with Crippen LogP contribution in [0.25, 0.3) is 0 Å². The van der Waals surface area contributed by atoms with Crippen molar-refractivity contribution in [1.29, 1.82) is 0 Å². The Balaban J connectivity index is 2.02. The number of hydrogen-bond donors (Lipinski definition) is 2. The number of nitrogens with one attached hydrogen (secondary N) is 2. The number of benzene rings is 1. The van der Waals surface area contributed by atoms with Gasteiger partial charge in [0.2, 0.25) is 0 Å². The van der Waals surface area contributed by atoms with Crippen LogP contribution in [-0.4, -0.2) is 24.1 Å². The Labute approximate surface area is 151 Å². The van der Waals surface area contributed by atoms with Crippen LogP contribution in [0.4, 0.5) is 5.82 Å². The molecule has 134 valence electrons. The third kappa shape index (κ3) is 3.57. The van der Waals surface area contributed by atoms with Crippen molar-refractivity contribution in [1.82, 2.24) is 9.97 Å². The van der Waals surface area contributed by atoms with E-state index < -0.39 is 15.4 Å². The van der Waals surface area contributed by atoms with Crippen LogP contribution in [0.2, 0.25) is 5.02 Å². The van der Waals surface area contributed by atoms with E-state index in [1.165, 1.54) is 6.33 Å². The zero-order chi connectivity index (χ0) is 18.2. The molecule has 2 aromatic rings. The number of aryl methyl sites for hydroxylation is 1. The van der Waals surface area contributed by atoms with Gasteiger partial charge < -0.3 is 10.3 Å². The van der Waals surface area contributed by atoms with E-state index in [9.17, 15) is 13.2 Å². The van der Waals surface area contributed by atoms with Crippen LogP contribution in [0.3, 0.4) is 0 Å². The van der Waals surface area contributed by atoms with Crippen molar-refractivity contribution >= 4 is 27.3 Å². The monoisotopic (exact) mass is 381 g/mol. The van der Waals surface area contributed by atoms with Crippen molar-refractivity contribution in [3.63, 3.8) is 0 Å². The smallest absolute Gasteiger partial charge is 0.271 e. The summed E-state index contributed by atoms with van der Waals surface area (Å²) in [4.78, 5) is 18.6. The van der Waals surface area contributed by atoms with Crippen molar-refractivity contribution in [2.45, 2.75) is 37.6 Å². The normalized spacial score (nSPS) is 17.1. The lowest BCUT2D eigenvalue weighted by molar-refractivity contribution is 0.542. The fourth-order valence-corrected chi connectivity index (χ4v) is 4.88. The van der Waals surface area contributed by atoms with E-state index in [1.807, 2.05) is 26.0 Å². The molecule has 6 nitrogen and oxygen atoms in total. The van der Waals surface area contributed by atoms with Gasteiger partial charge in [0.1, 0.15) is 5.02 Å². The number of aromatic amines is 1.